The Hall–Kier alpha value is -1.81. The van der Waals surface area contributed by atoms with Gasteiger partial charge in [-0.25, -0.2) is 4.79 Å². The zero-order valence-corrected chi connectivity index (χ0v) is 15.4. The molecule has 0 saturated carbocycles. The molecule has 3 nitrogen and oxygen atoms in total. The zero-order chi connectivity index (χ0) is 17.0. The van der Waals surface area contributed by atoms with Crippen molar-refractivity contribution < 1.29 is 14.3 Å². The van der Waals surface area contributed by atoms with Crippen LogP contribution in [0.3, 0.4) is 0 Å². The molecule has 2 aromatic carbocycles. The summed E-state index contributed by atoms with van der Waals surface area (Å²) in [5.74, 6) is 0.285. The summed E-state index contributed by atoms with van der Waals surface area (Å²) in [6.45, 7) is 7.92. The lowest BCUT2D eigenvalue weighted by atomic mass is 10.1. The lowest BCUT2D eigenvalue weighted by molar-refractivity contribution is 0.00689. The van der Waals surface area contributed by atoms with E-state index in [-0.39, 0.29) is 5.97 Å². The van der Waals surface area contributed by atoms with Crippen LogP contribution < -0.4 is 4.74 Å². The lowest BCUT2D eigenvalue weighted by Gasteiger charge is -2.20. The van der Waals surface area contributed by atoms with Crippen LogP contribution in [0.5, 0.6) is 5.75 Å². The van der Waals surface area contributed by atoms with Gasteiger partial charge in [0, 0.05) is 0 Å². The van der Waals surface area contributed by atoms with Crippen molar-refractivity contribution in [3.05, 3.63) is 63.6 Å². The molecule has 0 aromatic heterocycles. The van der Waals surface area contributed by atoms with Gasteiger partial charge in [-0.3, -0.25) is 0 Å². The van der Waals surface area contributed by atoms with Gasteiger partial charge in [0.25, 0.3) is 0 Å². The van der Waals surface area contributed by atoms with E-state index in [0.29, 0.717) is 17.9 Å². The molecule has 0 N–H and O–H groups in total. The normalized spacial score (nSPS) is 11.2. The summed E-state index contributed by atoms with van der Waals surface area (Å²) in [5.41, 5.74) is 1.96. The maximum atomic E-state index is 12.3. The topological polar surface area (TPSA) is 35.5 Å². The van der Waals surface area contributed by atoms with E-state index in [2.05, 4.69) is 15.9 Å². The molecule has 0 amide bonds. The zero-order valence-electron chi connectivity index (χ0n) is 13.9. The number of esters is 1. The Kier molecular flexibility index (Phi) is 5.47. The molecular weight excluding hydrogens is 356 g/mol. The van der Waals surface area contributed by atoms with Gasteiger partial charge in [0.1, 0.15) is 18.0 Å². The van der Waals surface area contributed by atoms with Gasteiger partial charge >= 0.3 is 5.97 Å². The summed E-state index contributed by atoms with van der Waals surface area (Å²) >= 11 is 3.52. The number of aryl methyl sites for hydroxylation is 1. The van der Waals surface area contributed by atoms with Crippen LogP contribution in [0.4, 0.5) is 0 Å². The van der Waals surface area contributed by atoms with Gasteiger partial charge in [-0.2, -0.15) is 0 Å². The molecule has 0 aliphatic carbocycles. The van der Waals surface area contributed by atoms with Crippen LogP contribution in [0.15, 0.2) is 46.9 Å². The van der Waals surface area contributed by atoms with Crippen molar-refractivity contribution in [3.63, 3.8) is 0 Å². The minimum atomic E-state index is -0.525. The molecule has 0 saturated heterocycles. The van der Waals surface area contributed by atoms with E-state index in [0.717, 1.165) is 15.6 Å². The van der Waals surface area contributed by atoms with Crippen molar-refractivity contribution in [2.24, 2.45) is 0 Å². The third-order valence-corrected chi connectivity index (χ3v) is 4.11. The molecule has 23 heavy (non-hydrogen) atoms. The largest absolute Gasteiger partial charge is 0.488 e. The summed E-state index contributed by atoms with van der Waals surface area (Å²) in [6, 6.07) is 13.4. The third-order valence-electron chi connectivity index (χ3n) is 3.09. The fraction of sp³-hybridized carbons (Fsp3) is 0.316. The summed E-state index contributed by atoms with van der Waals surface area (Å²) < 4.78 is 12.1. The second kappa shape index (κ2) is 7.18. The van der Waals surface area contributed by atoms with Crippen LogP contribution in [-0.4, -0.2) is 11.6 Å². The maximum absolute atomic E-state index is 12.3. The Bertz CT molecular complexity index is 688. The van der Waals surface area contributed by atoms with Gasteiger partial charge in [-0.05, 0) is 66.9 Å². The number of hydrogen-bond donors (Lipinski definition) is 0. The van der Waals surface area contributed by atoms with Gasteiger partial charge in [-0.15, -0.1) is 0 Å². The molecule has 0 aliphatic rings. The Morgan fingerprint density at radius 2 is 1.78 bits per heavy atom. The van der Waals surface area contributed by atoms with E-state index >= 15 is 0 Å². The van der Waals surface area contributed by atoms with Gasteiger partial charge in [0.05, 0.1) is 10.0 Å². The molecule has 0 aliphatic heterocycles. The highest BCUT2D eigenvalue weighted by molar-refractivity contribution is 9.10. The van der Waals surface area contributed by atoms with Crippen LogP contribution in [0.25, 0.3) is 0 Å². The number of rotatable bonds is 4. The highest BCUT2D eigenvalue weighted by Crippen LogP contribution is 2.31. The summed E-state index contributed by atoms with van der Waals surface area (Å²) in [6.07, 6.45) is 0. The van der Waals surface area contributed by atoms with E-state index in [9.17, 15) is 4.79 Å². The maximum Gasteiger partial charge on any atom is 0.338 e. The van der Waals surface area contributed by atoms with E-state index in [4.69, 9.17) is 9.47 Å². The van der Waals surface area contributed by atoms with Crippen molar-refractivity contribution in [2.45, 2.75) is 39.9 Å². The molecule has 2 rings (SSSR count). The summed E-state index contributed by atoms with van der Waals surface area (Å²) in [4.78, 5) is 12.3. The predicted molar refractivity (Wildman–Crippen MR) is 94.8 cm³/mol. The van der Waals surface area contributed by atoms with Crippen LogP contribution >= 0.6 is 15.9 Å². The molecule has 122 valence electrons. The molecule has 0 unspecified atom stereocenters. The van der Waals surface area contributed by atoms with Crippen molar-refractivity contribution in [2.75, 3.05) is 0 Å². The molecule has 0 bridgehead atoms. The van der Waals surface area contributed by atoms with Crippen molar-refractivity contribution >= 4 is 21.9 Å². The second-order valence-corrected chi connectivity index (χ2v) is 7.17. The van der Waals surface area contributed by atoms with Gasteiger partial charge in [-0.1, -0.05) is 30.3 Å². The Balaban J connectivity index is 2.21. The fourth-order valence-corrected chi connectivity index (χ4v) is 2.38. The lowest BCUT2D eigenvalue weighted by Crippen LogP contribution is -2.24. The number of carbonyl (C=O) groups is 1. The van der Waals surface area contributed by atoms with Gasteiger partial charge in [0.15, 0.2) is 0 Å². The fourth-order valence-electron chi connectivity index (χ4n) is 2.03. The smallest absolute Gasteiger partial charge is 0.338 e. The SMILES string of the molecule is Cc1cc(C(=O)OC(C)(C)C)cc(OCc2ccccc2)c1Br. The number of benzene rings is 2. The first-order valence-corrected chi connectivity index (χ1v) is 8.26. The van der Waals surface area contributed by atoms with Crippen LogP contribution in [0.2, 0.25) is 0 Å². The average molecular weight is 377 g/mol. The minimum Gasteiger partial charge on any atom is -0.488 e. The minimum absolute atomic E-state index is 0.349. The number of halogens is 1. The molecule has 0 heterocycles. The molecular formula is C19H21BrO3. The summed E-state index contributed by atoms with van der Waals surface area (Å²) in [7, 11) is 0. The van der Waals surface area contributed by atoms with Crippen molar-refractivity contribution in [3.8, 4) is 5.75 Å². The average Bonchev–Trinajstić information content (AvgIpc) is 2.48. The summed E-state index contributed by atoms with van der Waals surface area (Å²) in [5, 5.41) is 0. The molecule has 0 atom stereocenters. The standard InChI is InChI=1S/C19H21BrO3/c1-13-10-15(18(21)23-19(2,3)4)11-16(17(13)20)22-12-14-8-6-5-7-9-14/h5-11H,12H2,1-4H3. The Morgan fingerprint density at radius 3 is 2.39 bits per heavy atom. The molecule has 0 spiro atoms. The molecule has 0 radical (unpaired) electrons. The van der Waals surface area contributed by atoms with Crippen molar-refractivity contribution in [1.82, 2.24) is 0 Å². The Morgan fingerprint density at radius 1 is 1.13 bits per heavy atom. The van der Waals surface area contributed by atoms with Gasteiger partial charge < -0.3 is 9.47 Å². The molecule has 2 aromatic rings. The highest BCUT2D eigenvalue weighted by Gasteiger charge is 2.20. The predicted octanol–water partition coefficient (Wildman–Crippen LogP) is 5.29. The van der Waals surface area contributed by atoms with Crippen LogP contribution in [-0.2, 0) is 11.3 Å². The first-order valence-electron chi connectivity index (χ1n) is 7.46. The van der Waals surface area contributed by atoms with Gasteiger partial charge in [0.2, 0.25) is 0 Å². The Labute approximate surface area is 145 Å². The van der Waals surface area contributed by atoms with Crippen LogP contribution in [0, 0.1) is 6.92 Å². The van der Waals surface area contributed by atoms with E-state index in [1.54, 1.807) is 12.1 Å². The third kappa shape index (κ3) is 5.10. The second-order valence-electron chi connectivity index (χ2n) is 6.38. The van der Waals surface area contributed by atoms with Crippen molar-refractivity contribution in [1.29, 1.82) is 0 Å². The van der Waals surface area contributed by atoms with Crippen LogP contribution in [0.1, 0.15) is 42.3 Å². The molecule has 0 fully saturated rings. The first kappa shape index (κ1) is 17.5. The number of ether oxygens (including phenoxy) is 2. The number of carbonyl (C=O) groups excluding carboxylic acids is 1. The first-order chi connectivity index (χ1) is 10.8. The monoisotopic (exact) mass is 376 g/mol. The van der Waals surface area contributed by atoms with E-state index < -0.39 is 5.60 Å². The highest BCUT2D eigenvalue weighted by atomic mass is 79.9. The number of hydrogen-bond acceptors (Lipinski definition) is 3. The van der Waals surface area contributed by atoms with E-state index in [1.807, 2.05) is 58.0 Å². The van der Waals surface area contributed by atoms with E-state index in [1.165, 1.54) is 0 Å². The molecule has 4 heteroatoms. The quantitative estimate of drug-likeness (QED) is 0.679.